The van der Waals surface area contributed by atoms with E-state index >= 15 is 0 Å². The van der Waals surface area contributed by atoms with Gasteiger partial charge in [0.25, 0.3) is 7.82 Å². The van der Waals surface area contributed by atoms with Gasteiger partial charge in [-0.2, -0.15) is 0 Å². The Morgan fingerprint density at radius 1 is 1.42 bits per heavy atom. The van der Waals surface area contributed by atoms with Gasteiger partial charge in [-0.05, 0) is 43.6 Å². The highest BCUT2D eigenvalue weighted by atomic mass is 31.2. The highest BCUT2D eigenvalue weighted by Gasteiger charge is 2.33. The molecule has 6 heteroatoms. The Morgan fingerprint density at radius 2 is 2.11 bits per heavy atom. The molecule has 0 heterocycles. The van der Waals surface area contributed by atoms with Crippen molar-refractivity contribution in [1.82, 2.24) is 0 Å². The van der Waals surface area contributed by atoms with Crippen molar-refractivity contribution >= 4 is 7.82 Å². The molecule has 114 valence electrons. The van der Waals surface area contributed by atoms with Gasteiger partial charge >= 0.3 is 0 Å². The van der Waals surface area contributed by atoms with Crippen molar-refractivity contribution in [2.75, 3.05) is 13.2 Å². The van der Waals surface area contributed by atoms with Gasteiger partial charge in [-0.25, -0.2) is 0 Å². The molecule has 0 radical (unpaired) electrons. The van der Waals surface area contributed by atoms with Gasteiger partial charge in [0.15, 0.2) is 0 Å². The molecule has 0 spiro atoms. The molecule has 19 heavy (non-hydrogen) atoms. The summed E-state index contributed by atoms with van der Waals surface area (Å²) in [5.74, 6) is 1.21. The van der Waals surface area contributed by atoms with Crippen molar-refractivity contribution < 1.29 is 18.5 Å². The van der Waals surface area contributed by atoms with Crippen LogP contribution in [0.5, 0.6) is 0 Å². The van der Waals surface area contributed by atoms with Crippen LogP contribution in [-0.4, -0.2) is 19.3 Å². The summed E-state index contributed by atoms with van der Waals surface area (Å²) in [6, 6.07) is 0. The van der Waals surface area contributed by atoms with Crippen molar-refractivity contribution in [3.63, 3.8) is 0 Å². The summed E-state index contributed by atoms with van der Waals surface area (Å²) in [7, 11) is -4.20. The molecule has 1 aliphatic carbocycles. The molecule has 0 bridgehead atoms. The maximum absolute atomic E-state index is 11.8. The van der Waals surface area contributed by atoms with Crippen LogP contribution in [0.15, 0.2) is 0 Å². The third-order valence-electron chi connectivity index (χ3n) is 3.82. The van der Waals surface area contributed by atoms with Crippen molar-refractivity contribution in [3.05, 3.63) is 0 Å². The Balaban J connectivity index is 2.57. The second kappa shape index (κ2) is 7.75. The minimum Gasteiger partial charge on any atom is -0.756 e. The molecule has 2 N–H and O–H groups in total. The van der Waals surface area contributed by atoms with E-state index in [0.717, 1.165) is 19.3 Å². The van der Waals surface area contributed by atoms with Crippen LogP contribution in [0.3, 0.4) is 0 Å². The summed E-state index contributed by atoms with van der Waals surface area (Å²) in [6.45, 7) is 6.88. The Bertz CT molecular complexity index is 311. The minimum atomic E-state index is -4.20. The molecule has 0 saturated heterocycles. The molecule has 0 aromatic carbocycles. The zero-order valence-corrected chi connectivity index (χ0v) is 13.1. The van der Waals surface area contributed by atoms with Crippen molar-refractivity contribution in [2.24, 2.45) is 23.5 Å². The van der Waals surface area contributed by atoms with E-state index in [9.17, 15) is 9.46 Å². The quantitative estimate of drug-likeness (QED) is 0.575. The Morgan fingerprint density at radius 3 is 2.68 bits per heavy atom. The van der Waals surface area contributed by atoms with Gasteiger partial charge in [-0.1, -0.05) is 27.2 Å². The molecule has 4 unspecified atom stereocenters. The first-order valence-corrected chi connectivity index (χ1v) is 8.66. The summed E-state index contributed by atoms with van der Waals surface area (Å²) in [5.41, 5.74) is 5.31. The smallest absolute Gasteiger partial charge is 0.268 e. The van der Waals surface area contributed by atoms with E-state index in [2.05, 4.69) is 20.8 Å². The number of hydrogen-bond donors (Lipinski definition) is 1. The topological polar surface area (TPSA) is 84.6 Å². The predicted octanol–water partition coefficient (Wildman–Crippen LogP) is 2.30. The number of phosphoric ester groups is 1. The molecule has 1 aliphatic rings. The van der Waals surface area contributed by atoms with E-state index in [1.54, 1.807) is 0 Å². The summed E-state index contributed by atoms with van der Waals surface area (Å²) >= 11 is 0. The fraction of sp³-hybridized carbons (Fsp3) is 1.00. The first-order valence-electron chi connectivity index (χ1n) is 7.19. The Kier molecular flexibility index (Phi) is 6.98. The molecule has 0 aromatic rings. The lowest BCUT2D eigenvalue weighted by molar-refractivity contribution is -0.233. The summed E-state index contributed by atoms with van der Waals surface area (Å²) in [4.78, 5) is 11.8. The predicted molar refractivity (Wildman–Crippen MR) is 73.4 cm³/mol. The molecule has 5 nitrogen and oxygen atoms in total. The lowest BCUT2D eigenvalue weighted by atomic mass is 9.75. The molecular weight excluding hydrogens is 265 g/mol. The van der Waals surface area contributed by atoms with Gasteiger partial charge in [0, 0.05) is 0 Å². The van der Waals surface area contributed by atoms with Crippen molar-refractivity contribution in [3.8, 4) is 0 Å². The maximum atomic E-state index is 11.8. The van der Waals surface area contributed by atoms with Crippen LogP contribution in [0.2, 0.25) is 0 Å². The number of nitrogens with two attached hydrogens (primary N) is 1. The lowest BCUT2D eigenvalue weighted by Gasteiger charge is -2.39. The van der Waals surface area contributed by atoms with E-state index in [-0.39, 0.29) is 18.6 Å². The lowest BCUT2D eigenvalue weighted by Crippen LogP contribution is -2.35. The number of hydrogen-bond acceptors (Lipinski definition) is 5. The first kappa shape index (κ1) is 17.1. The molecule has 0 aliphatic heterocycles. The van der Waals surface area contributed by atoms with E-state index in [4.69, 9.17) is 14.8 Å². The third kappa shape index (κ3) is 5.92. The second-order valence-electron chi connectivity index (χ2n) is 5.89. The van der Waals surface area contributed by atoms with Gasteiger partial charge in [0.1, 0.15) is 0 Å². The van der Waals surface area contributed by atoms with Crippen molar-refractivity contribution in [2.45, 2.75) is 52.6 Å². The van der Waals surface area contributed by atoms with E-state index in [1.807, 2.05) is 0 Å². The van der Waals surface area contributed by atoms with Crippen LogP contribution in [-0.2, 0) is 13.6 Å². The summed E-state index contributed by atoms with van der Waals surface area (Å²) < 4.78 is 21.9. The largest absolute Gasteiger partial charge is 0.756 e. The normalized spacial score (nSPS) is 31.4. The average molecular weight is 292 g/mol. The Hall–Kier alpha value is 0.0700. The van der Waals surface area contributed by atoms with Gasteiger partial charge in [-0.3, -0.25) is 4.57 Å². The molecule has 0 aromatic heterocycles. The maximum Gasteiger partial charge on any atom is 0.268 e. The van der Waals surface area contributed by atoms with E-state index in [1.165, 1.54) is 0 Å². The molecule has 1 rings (SSSR count). The van der Waals surface area contributed by atoms with E-state index in [0.29, 0.717) is 24.8 Å². The monoisotopic (exact) mass is 292 g/mol. The molecular formula is C13H27NO4P-. The fourth-order valence-electron chi connectivity index (χ4n) is 2.69. The minimum absolute atomic E-state index is 0.103. The van der Waals surface area contributed by atoms with Crippen LogP contribution < -0.4 is 10.6 Å². The van der Waals surface area contributed by atoms with Gasteiger partial charge < -0.3 is 19.7 Å². The molecule has 4 atom stereocenters. The van der Waals surface area contributed by atoms with Crippen LogP contribution in [0, 0.1) is 17.8 Å². The number of phosphoric acid groups is 1. The highest BCUT2D eigenvalue weighted by molar-refractivity contribution is 7.45. The van der Waals surface area contributed by atoms with Gasteiger partial charge in [0.2, 0.25) is 0 Å². The Labute approximate surface area is 116 Å². The standard InChI is InChI=1S/C13H28NO4P/c1-10(2)12-6-5-11(3)9-13(12)18-19(15,16)17-8-4-7-14/h10-13H,4-9,14H2,1-3H3,(H,15,16)/p-1. The first-order chi connectivity index (χ1) is 8.85. The van der Waals surface area contributed by atoms with Crippen LogP contribution in [0.4, 0.5) is 0 Å². The fourth-order valence-corrected chi connectivity index (χ4v) is 3.68. The second-order valence-corrected chi connectivity index (χ2v) is 7.26. The van der Waals surface area contributed by atoms with E-state index < -0.39 is 7.82 Å². The SMILES string of the molecule is CC1CCC(C(C)C)C(OP(=O)([O-])OCCCN)C1. The zero-order chi connectivity index (χ0) is 14.5. The number of rotatable bonds is 7. The van der Waals surface area contributed by atoms with Gasteiger partial charge in [-0.15, -0.1) is 0 Å². The average Bonchev–Trinajstić information content (AvgIpc) is 2.28. The van der Waals surface area contributed by atoms with Crippen LogP contribution in [0.1, 0.15) is 46.5 Å². The molecule has 0 amide bonds. The summed E-state index contributed by atoms with van der Waals surface area (Å²) in [6.07, 6.45) is 3.22. The van der Waals surface area contributed by atoms with Crippen LogP contribution >= 0.6 is 7.82 Å². The highest BCUT2D eigenvalue weighted by Crippen LogP contribution is 2.46. The molecule has 1 fully saturated rings. The third-order valence-corrected chi connectivity index (χ3v) is 4.85. The van der Waals surface area contributed by atoms with Crippen LogP contribution in [0.25, 0.3) is 0 Å². The molecule has 1 saturated carbocycles. The zero-order valence-electron chi connectivity index (χ0n) is 12.2. The van der Waals surface area contributed by atoms with Gasteiger partial charge in [0.05, 0.1) is 12.7 Å². The summed E-state index contributed by atoms with van der Waals surface area (Å²) in [5, 5.41) is 0. The van der Waals surface area contributed by atoms with Crippen molar-refractivity contribution in [1.29, 1.82) is 0 Å².